The van der Waals surface area contributed by atoms with Gasteiger partial charge in [-0.1, -0.05) is 0 Å². The summed E-state index contributed by atoms with van der Waals surface area (Å²) in [5.74, 6) is -0.228. The van der Waals surface area contributed by atoms with Crippen molar-refractivity contribution in [1.29, 1.82) is 0 Å². The van der Waals surface area contributed by atoms with Crippen LogP contribution in [0.4, 0.5) is 0 Å². The Morgan fingerprint density at radius 1 is 1.09 bits per heavy atom. The molecule has 2 aliphatic rings. The molecule has 3 heteroatoms. The van der Waals surface area contributed by atoms with Gasteiger partial charge in [-0.05, 0) is 0 Å². The molecule has 2 heterocycles. The minimum absolute atomic E-state index is 0.228. The summed E-state index contributed by atoms with van der Waals surface area (Å²) in [6, 6.07) is 0. The van der Waals surface area contributed by atoms with Crippen LogP contribution in [-0.2, 0) is 9.47 Å². The molecule has 0 bridgehead atoms. The molecule has 0 aromatic carbocycles. The lowest BCUT2D eigenvalue weighted by atomic mass is 10.0. The van der Waals surface area contributed by atoms with Gasteiger partial charge in [0.25, 0.3) is 0 Å². The summed E-state index contributed by atoms with van der Waals surface area (Å²) in [5.41, 5.74) is 0. The molecule has 11 heavy (non-hydrogen) atoms. The molecule has 0 amide bonds. The fraction of sp³-hybridized carbons (Fsp3) is 0.875. The number of nitrogens with zero attached hydrogens (tertiary/aromatic N) is 1. The van der Waals surface area contributed by atoms with Crippen LogP contribution < -0.4 is 0 Å². The van der Waals surface area contributed by atoms with Crippen LogP contribution in [0.15, 0.2) is 0 Å². The highest BCUT2D eigenvalue weighted by Crippen LogP contribution is 2.30. The molecule has 0 aliphatic carbocycles. The molecule has 0 unspecified atom stereocenters. The smallest absolute Gasteiger partial charge is 0.170 e. The molecule has 63 valence electrons. The predicted octanol–water partition coefficient (Wildman–Crippen LogP) is 0.617. The Labute approximate surface area is 67.3 Å². The third-order valence-corrected chi connectivity index (χ3v) is 2.43. The molecule has 0 saturated carbocycles. The summed E-state index contributed by atoms with van der Waals surface area (Å²) in [6.45, 7) is 3.49. The maximum atomic E-state index is 5.55. The van der Waals surface area contributed by atoms with Crippen LogP contribution in [0.1, 0.15) is 12.8 Å². The summed E-state index contributed by atoms with van der Waals surface area (Å²) < 4.78 is 11.1. The van der Waals surface area contributed by atoms with Crippen molar-refractivity contribution in [1.82, 2.24) is 4.90 Å². The van der Waals surface area contributed by atoms with Crippen LogP contribution in [0.2, 0.25) is 0 Å². The van der Waals surface area contributed by atoms with Crippen LogP contribution >= 0.6 is 0 Å². The van der Waals surface area contributed by atoms with Crippen LogP contribution in [0.3, 0.4) is 0 Å². The van der Waals surface area contributed by atoms with Gasteiger partial charge in [0.1, 0.15) is 0 Å². The first kappa shape index (κ1) is 7.53. The van der Waals surface area contributed by atoms with E-state index in [2.05, 4.69) is 11.9 Å². The summed E-state index contributed by atoms with van der Waals surface area (Å²) in [7, 11) is 3.87. The molecule has 1 radical (unpaired) electrons. The Morgan fingerprint density at radius 2 is 1.64 bits per heavy atom. The number of rotatable bonds is 0. The average Bonchev–Trinajstić information content (AvgIpc) is 2.45. The topological polar surface area (TPSA) is 21.7 Å². The predicted molar refractivity (Wildman–Crippen MR) is 40.8 cm³/mol. The molecule has 2 rings (SSSR count). The van der Waals surface area contributed by atoms with Gasteiger partial charge in [0.05, 0.1) is 13.2 Å². The van der Waals surface area contributed by atoms with E-state index >= 15 is 0 Å². The highest BCUT2D eigenvalue weighted by atomic mass is 16.7. The van der Waals surface area contributed by atoms with Gasteiger partial charge in [-0.3, -0.25) is 0 Å². The third-order valence-electron chi connectivity index (χ3n) is 2.43. The standard InChI is InChI=1S/C8H14NO2/c1-9-4-2-8(3-5-9)10-6-7-11-8/h1-7H2. The summed E-state index contributed by atoms with van der Waals surface area (Å²) in [6.07, 6.45) is 1.94. The van der Waals surface area contributed by atoms with Crippen LogP contribution in [0, 0.1) is 7.05 Å². The fourth-order valence-corrected chi connectivity index (χ4v) is 1.68. The Balaban J connectivity index is 1.94. The number of hydrogen-bond acceptors (Lipinski definition) is 3. The Bertz CT molecular complexity index is 133. The lowest BCUT2D eigenvalue weighted by Gasteiger charge is -2.35. The van der Waals surface area contributed by atoms with Gasteiger partial charge in [-0.15, -0.1) is 0 Å². The summed E-state index contributed by atoms with van der Waals surface area (Å²) >= 11 is 0. The van der Waals surface area contributed by atoms with Crippen molar-refractivity contribution in [3.8, 4) is 0 Å². The van der Waals surface area contributed by atoms with E-state index < -0.39 is 0 Å². The molecule has 0 aromatic rings. The summed E-state index contributed by atoms with van der Waals surface area (Å²) in [4.78, 5) is 2.07. The number of likely N-dealkylation sites (tertiary alicyclic amines) is 1. The zero-order valence-corrected chi connectivity index (χ0v) is 6.71. The second-order valence-corrected chi connectivity index (χ2v) is 3.23. The van der Waals surface area contributed by atoms with E-state index in [0.717, 1.165) is 39.1 Å². The van der Waals surface area contributed by atoms with Gasteiger partial charge >= 0.3 is 0 Å². The monoisotopic (exact) mass is 156 g/mol. The van der Waals surface area contributed by atoms with Crippen LogP contribution in [0.25, 0.3) is 0 Å². The maximum Gasteiger partial charge on any atom is 0.170 e. The van der Waals surface area contributed by atoms with Gasteiger partial charge in [0.15, 0.2) is 5.79 Å². The second kappa shape index (κ2) is 2.73. The lowest BCUT2D eigenvalue weighted by molar-refractivity contribution is -0.182. The summed E-state index contributed by atoms with van der Waals surface area (Å²) in [5, 5.41) is 0. The number of ether oxygens (including phenoxy) is 2. The van der Waals surface area contributed by atoms with Crippen molar-refractivity contribution in [3.05, 3.63) is 7.05 Å². The normalized spacial score (nSPS) is 31.4. The quantitative estimate of drug-likeness (QED) is 0.513. The average molecular weight is 156 g/mol. The zero-order chi connectivity index (χ0) is 7.73. The Hall–Kier alpha value is -0.120. The number of piperidine rings is 1. The molecule has 2 aliphatic heterocycles. The molecule has 0 atom stereocenters. The molecule has 2 fully saturated rings. The molecule has 0 N–H and O–H groups in total. The van der Waals surface area contributed by atoms with Crippen molar-refractivity contribution < 1.29 is 9.47 Å². The molecule has 2 saturated heterocycles. The SMILES string of the molecule is [CH2]N1CCC2(CC1)OCCO2. The number of hydrogen-bond donors (Lipinski definition) is 0. The van der Waals surface area contributed by atoms with Crippen LogP contribution in [-0.4, -0.2) is 37.0 Å². The van der Waals surface area contributed by atoms with E-state index in [1.165, 1.54) is 0 Å². The Morgan fingerprint density at radius 3 is 2.18 bits per heavy atom. The van der Waals surface area contributed by atoms with Gasteiger partial charge in [-0.2, -0.15) is 0 Å². The minimum Gasteiger partial charge on any atom is -0.347 e. The van der Waals surface area contributed by atoms with Crippen LogP contribution in [0.5, 0.6) is 0 Å². The van der Waals surface area contributed by atoms with E-state index in [-0.39, 0.29) is 5.79 Å². The molecular weight excluding hydrogens is 142 g/mol. The van der Waals surface area contributed by atoms with E-state index in [1.807, 2.05) is 0 Å². The Kier molecular flexibility index (Phi) is 1.87. The van der Waals surface area contributed by atoms with Gasteiger partial charge in [0.2, 0.25) is 0 Å². The largest absolute Gasteiger partial charge is 0.347 e. The first-order chi connectivity index (χ1) is 5.31. The van der Waals surface area contributed by atoms with Crippen molar-refractivity contribution in [2.24, 2.45) is 0 Å². The van der Waals surface area contributed by atoms with E-state index in [9.17, 15) is 0 Å². The molecule has 3 nitrogen and oxygen atoms in total. The van der Waals surface area contributed by atoms with E-state index in [1.54, 1.807) is 0 Å². The molecule has 1 spiro atoms. The van der Waals surface area contributed by atoms with Gasteiger partial charge in [0, 0.05) is 33.0 Å². The van der Waals surface area contributed by atoms with Crippen molar-refractivity contribution >= 4 is 0 Å². The minimum atomic E-state index is -0.228. The van der Waals surface area contributed by atoms with Crippen molar-refractivity contribution in [3.63, 3.8) is 0 Å². The van der Waals surface area contributed by atoms with Gasteiger partial charge in [-0.25, -0.2) is 0 Å². The molecular formula is C8H14NO2. The van der Waals surface area contributed by atoms with Crippen molar-refractivity contribution in [2.45, 2.75) is 18.6 Å². The first-order valence-corrected chi connectivity index (χ1v) is 4.14. The first-order valence-electron chi connectivity index (χ1n) is 4.14. The molecule has 0 aromatic heterocycles. The second-order valence-electron chi connectivity index (χ2n) is 3.23. The van der Waals surface area contributed by atoms with E-state index in [0.29, 0.717) is 0 Å². The van der Waals surface area contributed by atoms with Crippen molar-refractivity contribution in [2.75, 3.05) is 26.3 Å². The fourth-order valence-electron chi connectivity index (χ4n) is 1.68. The third kappa shape index (κ3) is 1.41. The van der Waals surface area contributed by atoms with Gasteiger partial charge < -0.3 is 14.4 Å². The highest BCUT2D eigenvalue weighted by molar-refractivity contribution is 4.82. The zero-order valence-electron chi connectivity index (χ0n) is 6.71. The highest BCUT2D eigenvalue weighted by Gasteiger charge is 2.38. The maximum absolute atomic E-state index is 5.55. The van der Waals surface area contributed by atoms with E-state index in [4.69, 9.17) is 9.47 Å². The lowest BCUT2D eigenvalue weighted by Crippen LogP contribution is -2.42.